The van der Waals surface area contributed by atoms with Crippen molar-refractivity contribution >= 4 is 5.82 Å². The molecule has 5 heteroatoms. The van der Waals surface area contributed by atoms with Gasteiger partial charge >= 0.3 is 0 Å². The zero-order valence-corrected chi connectivity index (χ0v) is 13.7. The Morgan fingerprint density at radius 2 is 1.83 bits per heavy atom. The Morgan fingerprint density at radius 3 is 2.43 bits per heavy atom. The number of fused-ring (bicyclic) bond motifs is 1. The number of β-amino-alcohol motifs (C(OH)–C–C–N with tert-alkyl or cyclic N) is 1. The van der Waals surface area contributed by atoms with E-state index >= 15 is 0 Å². The van der Waals surface area contributed by atoms with E-state index in [1.54, 1.807) is 6.33 Å². The third kappa shape index (κ3) is 2.64. The zero-order chi connectivity index (χ0) is 15.4. The maximum Gasteiger partial charge on any atom is 0.132 e. The third-order valence-corrected chi connectivity index (χ3v) is 6.36. The number of hydrogen-bond acceptors (Lipinski definition) is 5. The average Bonchev–Trinajstić information content (AvgIpc) is 3.19. The highest BCUT2D eigenvalue weighted by Gasteiger charge is 2.44. The Kier molecular flexibility index (Phi) is 3.17. The van der Waals surface area contributed by atoms with E-state index in [2.05, 4.69) is 25.8 Å². The van der Waals surface area contributed by atoms with Gasteiger partial charge in [0.2, 0.25) is 0 Å². The molecule has 1 N–H and O–H groups in total. The zero-order valence-electron chi connectivity index (χ0n) is 13.7. The first-order valence-electron chi connectivity index (χ1n) is 9.20. The van der Waals surface area contributed by atoms with E-state index in [9.17, 15) is 5.11 Å². The van der Waals surface area contributed by atoms with E-state index in [1.807, 2.05) is 0 Å². The number of aromatic nitrogens is 2. The molecular weight excluding hydrogens is 288 g/mol. The largest absolute Gasteiger partial charge is 0.389 e. The number of anilines is 1. The second-order valence-corrected chi connectivity index (χ2v) is 8.27. The first kappa shape index (κ1) is 14.2. The fourth-order valence-corrected chi connectivity index (χ4v) is 4.70. The average molecular weight is 314 g/mol. The summed E-state index contributed by atoms with van der Waals surface area (Å²) in [6.07, 6.45) is 7.52. The normalized spacial score (nSPS) is 32.8. The first-order valence-corrected chi connectivity index (χ1v) is 9.20. The van der Waals surface area contributed by atoms with Gasteiger partial charge in [-0.2, -0.15) is 0 Å². The number of nitrogens with zero attached hydrogens (tertiary/aromatic N) is 4. The van der Waals surface area contributed by atoms with Crippen LogP contribution in [0.2, 0.25) is 0 Å². The van der Waals surface area contributed by atoms with Crippen molar-refractivity contribution in [3.05, 3.63) is 18.1 Å². The molecule has 0 amide bonds. The van der Waals surface area contributed by atoms with Crippen molar-refractivity contribution in [2.24, 2.45) is 11.8 Å². The lowest BCUT2D eigenvalue weighted by atomic mass is 9.80. The monoisotopic (exact) mass is 314 g/mol. The summed E-state index contributed by atoms with van der Waals surface area (Å²) < 4.78 is 0. The molecule has 2 unspecified atom stereocenters. The molecule has 0 bridgehead atoms. The standard InChI is InChI=1S/C18H26N4O/c23-18(4-1-5-18)11-21-7-14-9-22(10-15(14)8-21)17-6-16(13-2-3-13)19-12-20-17/h6,12-15,23H,1-5,7-11H2. The molecule has 4 aliphatic rings. The van der Waals surface area contributed by atoms with E-state index in [0.717, 1.165) is 63.2 Å². The lowest BCUT2D eigenvalue weighted by Crippen LogP contribution is -2.48. The number of aliphatic hydroxyl groups is 1. The topological polar surface area (TPSA) is 52.5 Å². The maximum atomic E-state index is 10.4. The minimum absolute atomic E-state index is 0.371. The van der Waals surface area contributed by atoms with Gasteiger partial charge in [-0.25, -0.2) is 9.97 Å². The molecule has 124 valence electrons. The highest BCUT2D eigenvalue weighted by Crippen LogP contribution is 2.41. The fourth-order valence-electron chi connectivity index (χ4n) is 4.70. The highest BCUT2D eigenvalue weighted by molar-refractivity contribution is 5.42. The number of likely N-dealkylation sites (tertiary alicyclic amines) is 1. The van der Waals surface area contributed by atoms with Crippen LogP contribution in [-0.4, -0.2) is 58.3 Å². The molecule has 2 saturated carbocycles. The molecular formula is C18H26N4O. The Bertz CT molecular complexity index is 584. The lowest BCUT2D eigenvalue weighted by molar-refractivity contribution is -0.0557. The molecule has 2 atom stereocenters. The Hall–Kier alpha value is -1.20. The summed E-state index contributed by atoms with van der Waals surface area (Å²) in [5.74, 6) is 3.29. The summed E-state index contributed by atoms with van der Waals surface area (Å²) >= 11 is 0. The van der Waals surface area contributed by atoms with Gasteiger partial charge in [-0.05, 0) is 43.9 Å². The summed E-state index contributed by atoms with van der Waals surface area (Å²) in [6.45, 7) is 5.40. The van der Waals surface area contributed by atoms with Crippen molar-refractivity contribution in [3.63, 3.8) is 0 Å². The van der Waals surface area contributed by atoms with Crippen LogP contribution < -0.4 is 4.90 Å². The summed E-state index contributed by atoms with van der Waals surface area (Å²) in [5, 5.41) is 10.4. The Balaban J connectivity index is 1.22. The van der Waals surface area contributed by atoms with E-state index in [0.29, 0.717) is 5.92 Å². The summed E-state index contributed by atoms with van der Waals surface area (Å²) in [6, 6.07) is 2.22. The molecule has 1 aromatic rings. The van der Waals surface area contributed by atoms with E-state index < -0.39 is 0 Å². The van der Waals surface area contributed by atoms with Gasteiger partial charge in [0.15, 0.2) is 0 Å². The number of rotatable bonds is 4. The van der Waals surface area contributed by atoms with Crippen LogP contribution in [0.3, 0.4) is 0 Å². The van der Waals surface area contributed by atoms with Crippen molar-refractivity contribution in [1.82, 2.24) is 14.9 Å². The van der Waals surface area contributed by atoms with Crippen LogP contribution in [0.15, 0.2) is 12.4 Å². The molecule has 0 spiro atoms. The predicted molar refractivity (Wildman–Crippen MR) is 88.4 cm³/mol. The quantitative estimate of drug-likeness (QED) is 0.915. The Labute approximate surface area is 137 Å². The minimum Gasteiger partial charge on any atom is -0.389 e. The summed E-state index contributed by atoms with van der Waals surface area (Å²) in [4.78, 5) is 13.9. The van der Waals surface area contributed by atoms with Crippen molar-refractivity contribution in [2.75, 3.05) is 37.6 Å². The predicted octanol–water partition coefficient (Wildman–Crippen LogP) is 1.64. The second kappa shape index (κ2) is 5.15. The molecule has 2 aliphatic carbocycles. The Morgan fingerprint density at radius 1 is 1.09 bits per heavy atom. The van der Waals surface area contributed by atoms with Gasteiger partial charge in [-0.1, -0.05) is 0 Å². The van der Waals surface area contributed by atoms with Crippen molar-refractivity contribution in [3.8, 4) is 0 Å². The SMILES string of the molecule is OC1(CN2CC3CN(c4cc(C5CC5)ncn4)CC3C2)CCC1. The number of hydrogen-bond donors (Lipinski definition) is 1. The smallest absolute Gasteiger partial charge is 0.132 e. The first-order chi connectivity index (χ1) is 11.2. The lowest BCUT2D eigenvalue weighted by Gasteiger charge is -2.40. The van der Waals surface area contributed by atoms with E-state index in [1.165, 1.54) is 25.0 Å². The minimum atomic E-state index is -0.371. The molecule has 1 aromatic heterocycles. The molecule has 5 nitrogen and oxygen atoms in total. The maximum absolute atomic E-state index is 10.4. The highest BCUT2D eigenvalue weighted by atomic mass is 16.3. The fraction of sp³-hybridized carbons (Fsp3) is 0.778. The van der Waals surface area contributed by atoms with Crippen LogP contribution >= 0.6 is 0 Å². The van der Waals surface area contributed by atoms with Crippen molar-refractivity contribution in [2.45, 2.75) is 43.6 Å². The molecule has 0 aromatic carbocycles. The van der Waals surface area contributed by atoms with Gasteiger partial charge in [0.1, 0.15) is 12.1 Å². The summed E-state index contributed by atoms with van der Waals surface area (Å²) in [7, 11) is 0. The van der Waals surface area contributed by atoms with Crippen LogP contribution in [0, 0.1) is 11.8 Å². The molecule has 4 fully saturated rings. The van der Waals surface area contributed by atoms with Gasteiger partial charge in [0.05, 0.1) is 5.60 Å². The van der Waals surface area contributed by atoms with Crippen LogP contribution in [0.5, 0.6) is 0 Å². The molecule has 23 heavy (non-hydrogen) atoms. The van der Waals surface area contributed by atoms with Crippen LogP contribution in [-0.2, 0) is 0 Å². The third-order valence-electron chi connectivity index (χ3n) is 6.36. The van der Waals surface area contributed by atoms with Crippen LogP contribution in [0.4, 0.5) is 5.82 Å². The second-order valence-electron chi connectivity index (χ2n) is 8.27. The molecule has 3 heterocycles. The molecule has 5 rings (SSSR count). The van der Waals surface area contributed by atoms with Crippen LogP contribution in [0.25, 0.3) is 0 Å². The van der Waals surface area contributed by atoms with Crippen molar-refractivity contribution in [1.29, 1.82) is 0 Å². The van der Waals surface area contributed by atoms with Crippen molar-refractivity contribution < 1.29 is 5.11 Å². The van der Waals surface area contributed by atoms with Crippen LogP contribution in [0.1, 0.15) is 43.7 Å². The molecule has 2 aliphatic heterocycles. The van der Waals surface area contributed by atoms with Gasteiger partial charge in [-0.15, -0.1) is 0 Å². The van der Waals surface area contributed by atoms with E-state index in [4.69, 9.17) is 0 Å². The molecule has 0 radical (unpaired) electrons. The van der Waals surface area contributed by atoms with Gasteiger partial charge < -0.3 is 10.0 Å². The van der Waals surface area contributed by atoms with E-state index in [-0.39, 0.29) is 5.60 Å². The molecule has 2 saturated heterocycles. The van der Waals surface area contributed by atoms with Gasteiger partial charge in [0, 0.05) is 50.4 Å². The van der Waals surface area contributed by atoms with Gasteiger partial charge in [0.25, 0.3) is 0 Å². The van der Waals surface area contributed by atoms with Gasteiger partial charge in [-0.3, -0.25) is 4.90 Å². The summed E-state index contributed by atoms with van der Waals surface area (Å²) in [5.41, 5.74) is 0.866.